The first-order valence-corrected chi connectivity index (χ1v) is 7.20. The van der Waals surface area contributed by atoms with Crippen LogP contribution in [0.4, 0.5) is 5.69 Å². The molecule has 1 aromatic carbocycles. The van der Waals surface area contributed by atoms with Gasteiger partial charge in [0.1, 0.15) is 0 Å². The minimum Gasteiger partial charge on any atom is -0.377 e. The lowest BCUT2D eigenvalue weighted by atomic mass is 10.2. The van der Waals surface area contributed by atoms with Gasteiger partial charge in [0.15, 0.2) is 0 Å². The number of halogens is 2. The van der Waals surface area contributed by atoms with Crippen LogP contribution < -0.4 is 5.32 Å². The number of nitrogens with one attached hydrogen (secondary N) is 1. The topological polar surface area (TPSA) is 12.0 Å². The lowest BCUT2D eigenvalue weighted by Crippen LogP contribution is -2.05. The molecule has 1 aromatic heterocycles. The molecule has 1 heterocycles. The van der Waals surface area contributed by atoms with Crippen molar-refractivity contribution in [2.24, 2.45) is 0 Å². The molecule has 0 amide bonds. The summed E-state index contributed by atoms with van der Waals surface area (Å²) in [6, 6.07) is 12.6. The van der Waals surface area contributed by atoms with Crippen molar-refractivity contribution in [3.05, 3.63) is 49.2 Å². The van der Waals surface area contributed by atoms with Gasteiger partial charge in [0.2, 0.25) is 0 Å². The third-order valence-corrected chi connectivity index (χ3v) is 4.62. The smallest absolute Gasteiger partial charge is 0.0932 e. The molecule has 0 spiro atoms. The largest absolute Gasteiger partial charge is 0.377 e. The normalized spacial score (nSPS) is 12.4. The van der Waals surface area contributed by atoms with Crippen molar-refractivity contribution in [1.29, 1.82) is 0 Å². The third-order valence-electron chi connectivity index (χ3n) is 2.27. The van der Waals surface area contributed by atoms with Gasteiger partial charge in [-0.25, -0.2) is 0 Å². The second kappa shape index (κ2) is 5.38. The summed E-state index contributed by atoms with van der Waals surface area (Å²) in [7, 11) is 0. The first kappa shape index (κ1) is 12.2. The Bertz CT molecular complexity index is 483. The van der Waals surface area contributed by atoms with Crippen LogP contribution in [0.2, 0.25) is 4.34 Å². The second-order valence-corrected chi connectivity index (χ2v) is 6.40. The zero-order valence-corrected chi connectivity index (χ0v) is 12.4. The summed E-state index contributed by atoms with van der Waals surface area (Å²) >= 11 is 9.88. The SMILES string of the molecule is CC(Nc1ccccc1I)c1ccc(Cl)s1. The average molecular weight is 364 g/mol. The van der Waals surface area contributed by atoms with Crippen molar-refractivity contribution in [1.82, 2.24) is 0 Å². The summed E-state index contributed by atoms with van der Waals surface area (Å²) < 4.78 is 2.07. The Morgan fingerprint density at radius 2 is 2.00 bits per heavy atom. The molecule has 2 aromatic rings. The lowest BCUT2D eigenvalue weighted by Gasteiger charge is -2.14. The molecule has 16 heavy (non-hydrogen) atoms. The number of rotatable bonds is 3. The van der Waals surface area contributed by atoms with Crippen LogP contribution in [0.15, 0.2) is 36.4 Å². The highest BCUT2D eigenvalue weighted by molar-refractivity contribution is 14.1. The minimum absolute atomic E-state index is 0.286. The Balaban J connectivity index is 2.13. The molecular weight excluding hydrogens is 353 g/mol. The molecule has 0 aliphatic carbocycles. The molecule has 1 unspecified atom stereocenters. The van der Waals surface area contributed by atoms with Crippen LogP contribution in [0.25, 0.3) is 0 Å². The van der Waals surface area contributed by atoms with Crippen LogP contribution in [-0.4, -0.2) is 0 Å². The van der Waals surface area contributed by atoms with E-state index in [0.29, 0.717) is 0 Å². The highest BCUT2D eigenvalue weighted by Gasteiger charge is 2.09. The number of benzene rings is 1. The molecule has 84 valence electrons. The number of para-hydroxylation sites is 1. The third kappa shape index (κ3) is 2.90. The maximum absolute atomic E-state index is 5.93. The molecule has 0 aliphatic heterocycles. The molecule has 2 rings (SSSR count). The molecule has 0 saturated carbocycles. The fourth-order valence-electron chi connectivity index (χ4n) is 1.44. The molecule has 1 nitrogen and oxygen atoms in total. The minimum atomic E-state index is 0.286. The van der Waals surface area contributed by atoms with Crippen molar-refractivity contribution in [2.45, 2.75) is 13.0 Å². The molecule has 0 radical (unpaired) electrons. The Hall–Kier alpha value is -0.260. The molecule has 1 atom stereocenters. The highest BCUT2D eigenvalue weighted by Crippen LogP contribution is 2.30. The molecule has 0 saturated heterocycles. The van der Waals surface area contributed by atoms with Crippen molar-refractivity contribution in [3.63, 3.8) is 0 Å². The molecule has 0 fully saturated rings. The fourth-order valence-corrected chi connectivity index (χ4v) is 3.05. The number of anilines is 1. The van der Waals surface area contributed by atoms with E-state index in [2.05, 4.69) is 53.0 Å². The van der Waals surface area contributed by atoms with Crippen molar-refractivity contribution in [2.75, 3.05) is 5.32 Å². The molecule has 0 aliphatic rings. The van der Waals surface area contributed by atoms with Crippen LogP contribution in [0.5, 0.6) is 0 Å². The van der Waals surface area contributed by atoms with Gasteiger partial charge in [0.05, 0.1) is 10.4 Å². The monoisotopic (exact) mass is 363 g/mol. The van der Waals surface area contributed by atoms with Crippen LogP contribution in [0, 0.1) is 3.57 Å². The zero-order chi connectivity index (χ0) is 11.5. The van der Waals surface area contributed by atoms with E-state index in [1.807, 2.05) is 18.2 Å². The summed E-state index contributed by atoms with van der Waals surface area (Å²) in [5.41, 5.74) is 1.17. The summed E-state index contributed by atoms with van der Waals surface area (Å²) in [6.07, 6.45) is 0. The molecule has 0 bridgehead atoms. The number of thiophene rings is 1. The van der Waals surface area contributed by atoms with Gasteiger partial charge in [0, 0.05) is 14.1 Å². The van der Waals surface area contributed by atoms with Crippen molar-refractivity contribution >= 4 is 51.2 Å². The van der Waals surface area contributed by atoms with Gasteiger partial charge < -0.3 is 5.32 Å². The van der Waals surface area contributed by atoms with Crippen molar-refractivity contribution < 1.29 is 0 Å². The molecule has 4 heteroatoms. The first-order valence-electron chi connectivity index (χ1n) is 4.93. The van der Waals surface area contributed by atoms with E-state index >= 15 is 0 Å². The average Bonchev–Trinajstić information content (AvgIpc) is 2.68. The van der Waals surface area contributed by atoms with Gasteiger partial charge in [0.25, 0.3) is 0 Å². The molecule has 1 N–H and O–H groups in total. The maximum Gasteiger partial charge on any atom is 0.0932 e. The second-order valence-electron chi connectivity index (χ2n) is 3.49. The standard InChI is InChI=1S/C12H11ClINS/c1-8(11-6-7-12(13)16-11)15-10-5-3-2-4-9(10)14/h2-8,15H,1H3. The maximum atomic E-state index is 5.93. The summed E-state index contributed by atoms with van der Waals surface area (Å²) in [5, 5.41) is 3.48. The number of hydrogen-bond acceptors (Lipinski definition) is 2. The zero-order valence-electron chi connectivity index (χ0n) is 8.71. The van der Waals surface area contributed by atoms with E-state index in [1.54, 1.807) is 11.3 Å². The highest BCUT2D eigenvalue weighted by atomic mass is 127. The summed E-state index contributed by atoms with van der Waals surface area (Å²) in [6.45, 7) is 2.14. The van der Waals surface area contributed by atoms with E-state index in [0.717, 1.165) is 4.34 Å². The summed E-state index contributed by atoms with van der Waals surface area (Å²) in [5.74, 6) is 0. The summed E-state index contributed by atoms with van der Waals surface area (Å²) in [4.78, 5) is 1.25. The predicted octanol–water partition coefficient (Wildman–Crippen LogP) is 5.18. The van der Waals surface area contributed by atoms with Gasteiger partial charge in [-0.1, -0.05) is 23.7 Å². The predicted molar refractivity (Wildman–Crippen MR) is 80.5 cm³/mol. The van der Waals surface area contributed by atoms with E-state index in [1.165, 1.54) is 14.1 Å². The van der Waals surface area contributed by atoms with Crippen LogP contribution in [-0.2, 0) is 0 Å². The Morgan fingerprint density at radius 1 is 1.25 bits per heavy atom. The number of hydrogen-bond donors (Lipinski definition) is 1. The van der Waals surface area contributed by atoms with Gasteiger partial charge in [-0.05, 0) is 53.8 Å². The first-order chi connectivity index (χ1) is 7.66. The van der Waals surface area contributed by atoms with Crippen LogP contribution in [0.3, 0.4) is 0 Å². The van der Waals surface area contributed by atoms with E-state index in [4.69, 9.17) is 11.6 Å². The Labute approximate surface area is 118 Å². The fraction of sp³-hybridized carbons (Fsp3) is 0.167. The van der Waals surface area contributed by atoms with Crippen LogP contribution in [0.1, 0.15) is 17.8 Å². The van der Waals surface area contributed by atoms with E-state index in [9.17, 15) is 0 Å². The Kier molecular flexibility index (Phi) is 4.10. The van der Waals surface area contributed by atoms with Crippen molar-refractivity contribution in [3.8, 4) is 0 Å². The van der Waals surface area contributed by atoms with E-state index in [-0.39, 0.29) is 6.04 Å². The van der Waals surface area contributed by atoms with Gasteiger partial charge in [-0.2, -0.15) is 0 Å². The lowest BCUT2D eigenvalue weighted by molar-refractivity contribution is 0.907. The Morgan fingerprint density at radius 3 is 2.62 bits per heavy atom. The van der Waals surface area contributed by atoms with Crippen LogP contribution >= 0.6 is 45.5 Å². The quantitative estimate of drug-likeness (QED) is 0.741. The molecular formula is C12H11ClINS. The van der Waals surface area contributed by atoms with Gasteiger partial charge in [-0.15, -0.1) is 11.3 Å². The van der Waals surface area contributed by atoms with Gasteiger partial charge >= 0.3 is 0 Å². The van der Waals surface area contributed by atoms with E-state index < -0.39 is 0 Å². The van der Waals surface area contributed by atoms with Gasteiger partial charge in [-0.3, -0.25) is 0 Å².